The highest BCUT2D eigenvalue weighted by atomic mass is 16.3. The molecule has 2 fully saturated rings. The zero-order valence-electron chi connectivity index (χ0n) is 11.7. The first-order valence-electron chi connectivity index (χ1n) is 6.94. The summed E-state index contributed by atoms with van der Waals surface area (Å²) in [4.78, 5) is 0. The van der Waals surface area contributed by atoms with Crippen molar-refractivity contribution in [3.05, 3.63) is 12.2 Å². The molecule has 0 amide bonds. The summed E-state index contributed by atoms with van der Waals surface area (Å²) in [6.45, 7) is 9.69. The maximum absolute atomic E-state index is 10.6. The van der Waals surface area contributed by atoms with Gasteiger partial charge in [-0.15, -0.1) is 0 Å². The van der Waals surface area contributed by atoms with Crippen LogP contribution in [0.15, 0.2) is 12.2 Å². The Morgan fingerprint density at radius 2 is 1.78 bits per heavy atom. The first-order chi connectivity index (χ1) is 8.17. The number of fused-ring (bicyclic) bond motifs is 1. The third-order valence-corrected chi connectivity index (χ3v) is 5.25. The molecule has 0 aliphatic heterocycles. The molecule has 18 heavy (non-hydrogen) atoms. The molecule has 5 atom stereocenters. The molecule has 0 saturated heterocycles. The Kier molecular flexibility index (Phi) is 3.37. The van der Waals surface area contributed by atoms with Crippen LogP contribution >= 0.6 is 0 Å². The number of aliphatic hydroxyl groups is 3. The predicted octanol–water partition coefficient (Wildman–Crippen LogP) is 1.86. The van der Waals surface area contributed by atoms with Crippen molar-refractivity contribution >= 4 is 0 Å². The lowest BCUT2D eigenvalue weighted by Gasteiger charge is -2.54. The molecule has 5 unspecified atom stereocenters. The maximum Gasteiger partial charge on any atom is 0.0751 e. The predicted molar refractivity (Wildman–Crippen MR) is 71.0 cm³/mol. The molecule has 0 heterocycles. The number of hydrogen-bond donors (Lipinski definition) is 3. The Bertz CT molecular complexity index is 344. The number of hydrogen-bond acceptors (Lipinski definition) is 3. The topological polar surface area (TPSA) is 60.7 Å². The van der Waals surface area contributed by atoms with Crippen LogP contribution in [0.4, 0.5) is 0 Å². The van der Waals surface area contributed by atoms with E-state index in [-0.39, 0.29) is 17.3 Å². The van der Waals surface area contributed by atoms with Crippen LogP contribution in [0.25, 0.3) is 0 Å². The molecule has 104 valence electrons. The largest absolute Gasteiger partial charge is 0.392 e. The lowest BCUT2D eigenvalue weighted by atomic mass is 9.53. The van der Waals surface area contributed by atoms with Gasteiger partial charge in [0.15, 0.2) is 0 Å². The fourth-order valence-corrected chi connectivity index (χ4v) is 4.03. The third kappa shape index (κ3) is 2.13. The summed E-state index contributed by atoms with van der Waals surface area (Å²) >= 11 is 0. The highest BCUT2D eigenvalue weighted by Gasteiger charge is 2.53. The molecule has 2 rings (SSSR count). The van der Waals surface area contributed by atoms with Crippen molar-refractivity contribution in [3.63, 3.8) is 0 Å². The van der Waals surface area contributed by atoms with Gasteiger partial charge in [-0.2, -0.15) is 0 Å². The van der Waals surface area contributed by atoms with Crippen molar-refractivity contribution in [3.8, 4) is 0 Å². The van der Waals surface area contributed by atoms with Gasteiger partial charge in [0.25, 0.3) is 0 Å². The Morgan fingerprint density at radius 1 is 1.22 bits per heavy atom. The van der Waals surface area contributed by atoms with Gasteiger partial charge in [0, 0.05) is 11.8 Å². The third-order valence-electron chi connectivity index (χ3n) is 5.25. The van der Waals surface area contributed by atoms with E-state index in [4.69, 9.17) is 0 Å². The highest BCUT2D eigenvalue weighted by molar-refractivity contribution is 5.20. The minimum atomic E-state index is -0.885. The second-order valence-electron chi connectivity index (χ2n) is 7.05. The van der Waals surface area contributed by atoms with Crippen molar-refractivity contribution in [1.29, 1.82) is 0 Å². The standard InChI is InChI=1S/C15H26O3/c1-9-11(16)6-8-15(4)7-5-10(14(2,3)18)13(17)12(9)15/h10-13,16-18H,1,5-8H2,2-4H3. The van der Waals surface area contributed by atoms with Crippen molar-refractivity contribution in [2.24, 2.45) is 17.3 Å². The van der Waals surface area contributed by atoms with Gasteiger partial charge in [-0.1, -0.05) is 13.5 Å². The molecule has 0 aromatic rings. The lowest BCUT2D eigenvalue weighted by Crippen LogP contribution is -2.55. The molecule has 0 radical (unpaired) electrons. The average molecular weight is 254 g/mol. The van der Waals surface area contributed by atoms with Crippen LogP contribution in [0.1, 0.15) is 46.5 Å². The van der Waals surface area contributed by atoms with E-state index >= 15 is 0 Å². The van der Waals surface area contributed by atoms with Crippen LogP contribution in [-0.2, 0) is 0 Å². The molecule has 0 aromatic heterocycles. The summed E-state index contributed by atoms with van der Waals surface area (Å²) in [5.41, 5.74) is -0.105. The van der Waals surface area contributed by atoms with Gasteiger partial charge >= 0.3 is 0 Å². The van der Waals surface area contributed by atoms with E-state index in [1.54, 1.807) is 13.8 Å². The van der Waals surface area contributed by atoms with Gasteiger partial charge in [-0.25, -0.2) is 0 Å². The summed E-state index contributed by atoms with van der Waals surface area (Å²) in [6.07, 6.45) is 2.37. The van der Waals surface area contributed by atoms with E-state index in [0.717, 1.165) is 31.3 Å². The molecular weight excluding hydrogens is 228 g/mol. The lowest BCUT2D eigenvalue weighted by molar-refractivity contribution is -0.129. The molecule has 0 bridgehead atoms. The molecule has 0 spiro atoms. The molecule has 3 nitrogen and oxygen atoms in total. The first-order valence-corrected chi connectivity index (χ1v) is 6.94. The SMILES string of the molecule is C=C1C(O)CCC2(C)CCC(C(C)(C)O)C(O)C12. The normalized spacial score (nSPS) is 45.8. The van der Waals surface area contributed by atoms with Gasteiger partial charge < -0.3 is 15.3 Å². The number of rotatable bonds is 1. The maximum atomic E-state index is 10.6. The summed E-state index contributed by atoms with van der Waals surface area (Å²) in [6, 6.07) is 0. The summed E-state index contributed by atoms with van der Waals surface area (Å²) < 4.78 is 0. The van der Waals surface area contributed by atoms with Gasteiger partial charge in [0.05, 0.1) is 17.8 Å². The second-order valence-corrected chi connectivity index (χ2v) is 7.05. The van der Waals surface area contributed by atoms with Crippen molar-refractivity contribution in [2.45, 2.75) is 64.3 Å². The Balaban J connectivity index is 2.30. The molecule has 2 aliphatic carbocycles. The van der Waals surface area contributed by atoms with E-state index in [1.165, 1.54) is 0 Å². The minimum absolute atomic E-state index is 0.0253. The monoisotopic (exact) mass is 254 g/mol. The minimum Gasteiger partial charge on any atom is -0.392 e. The van der Waals surface area contributed by atoms with Crippen LogP contribution in [0.5, 0.6) is 0 Å². The first kappa shape index (κ1) is 14.0. The quantitative estimate of drug-likeness (QED) is 0.626. The van der Waals surface area contributed by atoms with Gasteiger partial charge in [-0.05, 0) is 50.5 Å². The van der Waals surface area contributed by atoms with E-state index < -0.39 is 17.8 Å². The summed E-state index contributed by atoms with van der Waals surface area (Å²) in [7, 11) is 0. The molecular formula is C15H26O3. The van der Waals surface area contributed by atoms with E-state index in [9.17, 15) is 15.3 Å². The molecule has 3 heteroatoms. The van der Waals surface area contributed by atoms with Crippen LogP contribution in [0.3, 0.4) is 0 Å². The van der Waals surface area contributed by atoms with Crippen LogP contribution < -0.4 is 0 Å². The molecule has 2 aliphatic rings. The zero-order valence-corrected chi connectivity index (χ0v) is 11.7. The highest BCUT2D eigenvalue weighted by Crippen LogP contribution is 2.54. The summed E-state index contributed by atoms with van der Waals surface area (Å²) in [5.74, 6) is -0.232. The smallest absolute Gasteiger partial charge is 0.0751 e. The van der Waals surface area contributed by atoms with Crippen molar-refractivity contribution in [1.82, 2.24) is 0 Å². The fraction of sp³-hybridized carbons (Fsp3) is 0.867. The van der Waals surface area contributed by atoms with Crippen LogP contribution in [0.2, 0.25) is 0 Å². The van der Waals surface area contributed by atoms with Gasteiger partial charge in [0.2, 0.25) is 0 Å². The number of aliphatic hydroxyl groups excluding tert-OH is 2. The average Bonchev–Trinajstić information content (AvgIpc) is 2.22. The molecule has 0 aromatic carbocycles. The van der Waals surface area contributed by atoms with Crippen molar-refractivity contribution in [2.75, 3.05) is 0 Å². The van der Waals surface area contributed by atoms with E-state index in [1.807, 2.05) is 0 Å². The summed E-state index contributed by atoms with van der Waals surface area (Å²) in [5, 5.41) is 30.8. The Labute approximate surface area is 110 Å². The molecule has 2 saturated carbocycles. The van der Waals surface area contributed by atoms with E-state index in [2.05, 4.69) is 13.5 Å². The second kappa shape index (κ2) is 4.32. The molecule has 3 N–H and O–H groups in total. The van der Waals surface area contributed by atoms with Crippen molar-refractivity contribution < 1.29 is 15.3 Å². The zero-order chi connectivity index (χ0) is 13.7. The van der Waals surface area contributed by atoms with Crippen LogP contribution in [0, 0.1) is 17.3 Å². The Morgan fingerprint density at radius 3 is 2.33 bits per heavy atom. The fourth-order valence-electron chi connectivity index (χ4n) is 4.03. The van der Waals surface area contributed by atoms with E-state index in [0.29, 0.717) is 0 Å². The van der Waals surface area contributed by atoms with Gasteiger partial charge in [0.1, 0.15) is 0 Å². The van der Waals surface area contributed by atoms with Crippen LogP contribution in [-0.4, -0.2) is 33.1 Å². The Hall–Kier alpha value is -0.380. The van der Waals surface area contributed by atoms with Gasteiger partial charge in [-0.3, -0.25) is 0 Å².